The van der Waals surface area contributed by atoms with Gasteiger partial charge < -0.3 is 20.1 Å². The van der Waals surface area contributed by atoms with Gasteiger partial charge in [0.05, 0.1) is 24.5 Å². The molecule has 0 saturated carbocycles. The molecule has 3 aromatic carbocycles. The van der Waals surface area contributed by atoms with Gasteiger partial charge in [-0.3, -0.25) is 4.79 Å². The van der Waals surface area contributed by atoms with Crippen molar-refractivity contribution in [1.29, 1.82) is 0 Å². The Bertz CT molecular complexity index is 1340. The predicted molar refractivity (Wildman–Crippen MR) is 145 cm³/mol. The molecule has 0 spiro atoms. The van der Waals surface area contributed by atoms with Gasteiger partial charge in [0.1, 0.15) is 6.61 Å². The van der Waals surface area contributed by atoms with E-state index in [1.807, 2.05) is 48.5 Å². The van der Waals surface area contributed by atoms with Crippen molar-refractivity contribution in [2.75, 3.05) is 17.7 Å². The van der Waals surface area contributed by atoms with E-state index in [4.69, 9.17) is 9.47 Å². The lowest BCUT2D eigenvalue weighted by atomic mass is 9.73. The first-order valence-electron chi connectivity index (χ1n) is 12.5. The minimum Gasteiger partial charge on any atom is -0.493 e. The topological polar surface area (TPSA) is 59.6 Å². The maximum absolute atomic E-state index is 13.6. The summed E-state index contributed by atoms with van der Waals surface area (Å²) in [6, 6.07) is 20.1. The van der Waals surface area contributed by atoms with Gasteiger partial charge in [-0.2, -0.15) is 0 Å². The van der Waals surface area contributed by atoms with Crippen LogP contribution >= 0.6 is 0 Å². The number of fused-ring (bicyclic) bond motifs is 1. The SMILES string of the molecule is COc1cc([C@H]2Nc3cc(C)c(C)cc3NC3=C2C(=O)CC(C)(C)C3)ccc1OCc1ccccc1. The molecule has 1 atom stereocenters. The van der Waals surface area contributed by atoms with E-state index in [2.05, 4.69) is 50.5 Å². The summed E-state index contributed by atoms with van der Waals surface area (Å²) < 4.78 is 11.8. The van der Waals surface area contributed by atoms with Crippen LogP contribution in [0, 0.1) is 19.3 Å². The van der Waals surface area contributed by atoms with E-state index in [1.54, 1.807) is 7.11 Å². The third-order valence-electron chi connectivity index (χ3n) is 7.19. The second kappa shape index (κ2) is 9.38. The number of carbonyl (C=O) groups is 1. The summed E-state index contributed by atoms with van der Waals surface area (Å²) in [7, 11) is 1.65. The molecule has 0 bridgehead atoms. The summed E-state index contributed by atoms with van der Waals surface area (Å²) in [5, 5.41) is 7.33. The lowest BCUT2D eigenvalue weighted by molar-refractivity contribution is -0.118. The molecule has 2 aliphatic rings. The van der Waals surface area contributed by atoms with E-state index >= 15 is 0 Å². The molecule has 0 aromatic heterocycles. The third-order valence-corrected chi connectivity index (χ3v) is 7.19. The summed E-state index contributed by atoms with van der Waals surface area (Å²) >= 11 is 0. The number of hydrogen-bond donors (Lipinski definition) is 2. The number of methoxy groups -OCH3 is 1. The first-order chi connectivity index (χ1) is 17.2. The van der Waals surface area contributed by atoms with E-state index in [-0.39, 0.29) is 17.2 Å². The van der Waals surface area contributed by atoms with Crippen molar-refractivity contribution in [2.45, 2.75) is 53.2 Å². The van der Waals surface area contributed by atoms with Gasteiger partial charge in [0.15, 0.2) is 17.3 Å². The number of allylic oxidation sites excluding steroid dienone is 1. The number of anilines is 2. The number of hydrogen-bond acceptors (Lipinski definition) is 5. The van der Waals surface area contributed by atoms with Gasteiger partial charge in [0.2, 0.25) is 0 Å². The molecule has 5 heteroatoms. The van der Waals surface area contributed by atoms with Crippen molar-refractivity contribution >= 4 is 17.2 Å². The zero-order valence-corrected chi connectivity index (χ0v) is 21.7. The zero-order valence-electron chi connectivity index (χ0n) is 21.7. The molecule has 36 heavy (non-hydrogen) atoms. The molecule has 5 nitrogen and oxygen atoms in total. The van der Waals surface area contributed by atoms with Crippen molar-refractivity contribution in [2.24, 2.45) is 5.41 Å². The molecule has 0 radical (unpaired) electrons. The Hall–Kier alpha value is -3.73. The van der Waals surface area contributed by atoms with Crippen LogP contribution in [0.4, 0.5) is 11.4 Å². The van der Waals surface area contributed by atoms with Crippen LogP contribution < -0.4 is 20.1 Å². The summed E-state index contributed by atoms with van der Waals surface area (Å²) in [5.41, 5.74) is 8.19. The van der Waals surface area contributed by atoms with Crippen molar-refractivity contribution in [3.8, 4) is 11.5 Å². The molecule has 0 unspecified atom stereocenters. The molecule has 5 rings (SSSR count). The standard InChI is InChI=1S/C31H34N2O3/c1-19-13-23-24(14-20(19)2)33-30(29-25(32-23)16-31(3,4)17-26(29)34)22-11-12-27(28(15-22)35-5)36-18-21-9-7-6-8-10-21/h6-15,30,32-33H,16-18H2,1-5H3/t30-/m1/s1. The smallest absolute Gasteiger partial charge is 0.163 e. The normalized spacial score (nSPS) is 18.4. The Morgan fingerprint density at radius 3 is 2.36 bits per heavy atom. The highest BCUT2D eigenvalue weighted by atomic mass is 16.5. The number of nitrogens with one attached hydrogen (secondary N) is 2. The Balaban J connectivity index is 1.55. The van der Waals surface area contributed by atoms with Gasteiger partial charge in [-0.05, 0) is 72.2 Å². The van der Waals surface area contributed by atoms with Gasteiger partial charge >= 0.3 is 0 Å². The second-order valence-electron chi connectivity index (χ2n) is 10.7. The molecule has 2 N–H and O–H groups in total. The van der Waals surface area contributed by atoms with E-state index < -0.39 is 0 Å². The van der Waals surface area contributed by atoms with Crippen LogP contribution in [0.3, 0.4) is 0 Å². The first-order valence-corrected chi connectivity index (χ1v) is 12.5. The molecular weight excluding hydrogens is 448 g/mol. The van der Waals surface area contributed by atoms with Gasteiger partial charge in [-0.15, -0.1) is 0 Å². The number of rotatable bonds is 5. The molecule has 1 aliphatic heterocycles. The fraction of sp³-hybridized carbons (Fsp3) is 0.323. The number of ketones is 1. The Labute approximate surface area is 213 Å². The molecule has 0 amide bonds. The summed E-state index contributed by atoms with van der Waals surface area (Å²) in [6.45, 7) is 9.00. The average molecular weight is 483 g/mol. The number of ether oxygens (including phenoxy) is 2. The lowest BCUT2D eigenvalue weighted by Gasteiger charge is -2.34. The third kappa shape index (κ3) is 4.70. The summed E-state index contributed by atoms with van der Waals surface area (Å²) in [4.78, 5) is 13.6. The fourth-order valence-corrected chi connectivity index (χ4v) is 5.18. The second-order valence-corrected chi connectivity index (χ2v) is 10.7. The van der Waals surface area contributed by atoms with Crippen LogP contribution in [0.15, 0.2) is 71.9 Å². The highest BCUT2D eigenvalue weighted by Crippen LogP contribution is 2.46. The molecule has 1 heterocycles. The number of Topliss-reactive ketones (excluding diaryl/α,β-unsaturated/α-hetero) is 1. The molecular formula is C31H34N2O3. The molecule has 0 saturated heterocycles. The monoisotopic (exact) mass is 482 g/mol. The predicted octanol–water partition coefficient (Wildman–Crippen LogP) is 7.11. The highest BCUT2D eigenvalue weighted by Gasteiger charge is 2.39. The molecule has 186 valence electrons. The van der Waals surface area contributed by atoms with Crippen LogP contribution in [-0.4, -0.2) is 12.9 Å². The van der Waals surface area contributed by atoms with E-state index in [0.29, 0.717) is 24.5 Å². The van der Waals surface area contributed by atoms with Gasteiger partial charge in [0, 0.05) is 17.7 Å². The van der Waals surface area contributed by atoms with Gasteiger partial charge in [-0.1, -0.05) is 50.2 Å². The van der Waals surface area contributed by atoms with Crippen molar-refractivity contribution in [3.05, 3.63) is 94.2 Å². The number of aryl methyl sites for hydroxylation is 2. The van der Waals surface area contributed by atoms with Gasteiger partial charge in [0.25, 0.3) is 0 Å². The van der Waals surface area contributed by atoms with Crippen LogP contribution in [0.5, 0.6) is 11.5 Å². The Morgan fingerprint density at radius 2 is 1.64 bits per heavy atom. The summed E-state index contributed by atoms with van der Waals surface area (Å²) in [6.07, 6.45) is 1.34. The van der Waals surface area contributed by atoms with E-state index in [1.165, 1.54) is 11.1 Å². The van der Waals surface area contributed by atoms with E-state index in [9.17, 15) is 4.79 Å². The minimum atomic E-state index is -0.295. The maximum atomic E-state index is 13.6. The molecule has 1 aliphatic carbocycles. The number of carbonyl (C=O) groups excluding carboxylic acids is 1. The number of benzene rings is 3. The van der Waals surface area contributed by atoms with Gasteiger partial charge in [-0.25, -0.2) is 0 Å². The van der Waals surface area contributed by atoms with E-state index in [0.717, 1.165) is 40.2 Å². The maximum Gasteiger partial charge on any atom is 0.163 e. The van der Waals surface area contributed by atoms with Crippen molar-refractivity contribution < 1.29 is 14.3 Å². The Kier molecular flexibility index (Phi) is 6.25. The van der Waals surface area contributed by atoms with Crippen LogP contribution in [0.1, 0.15) is 55.0 Å². The largest absolute Gasteiger partial charge is 0.493 e. The quantitative estimate of drug-likeness (QED) is 0.406. The lowest BCUT2D eigenvalue weighted by Crippen LogP contribution is -2.31. The highest BCUT2D eigenvalue weighted by molar-refractivity contribution is 6.01. The van der Waals surface area contributed by atoms with Crippen molar-refractivity contribution in [3.63, 3.8) is 0 Å². The van der Waals surface area contributed by atoms with Crippen LogP contribution in [0.2, 0.25) is 0 Å². The van der Waals surface area contributed by atoms with Crippen LogP contribution in [0.25, 0.3) is 0 Å². The summed E-state index contributed by atoms with van der Waals surface area (Å²) in [5.74, 6) is 1.50. The zero-order chi connectivity index (χ0) is 25.4. The molecule has 3 aromatic rings. The minimum absolute atomic E-state index is 0.0927. The van der Waals surface area contributed by atoms with Crippen molar-refractivity contribution in [1.82, 2.24) is 0 Å². The fourth-order valence-electron chi connectivity index (χ4n) is 5.18. The Morgan fingerprint density at radius 1 is 0.917 bits per heavy atom. The van der Waals surface area contributed by atoms with Crippen LogP contribution in [-0.2, 0) is 11.4 Å². The molecule has 0 fully saturated rings. The first kappa shape index (κ1) is 24.0. The average Bonchev–Trinajstić information content (AvgIpc) is 2.99.